The topological polar surface area (TPSA) is 29.0 Å². The molecule has 0 saturated heterocycles. The van der Waals surface area contributed by atoms with Crippen LogP contribution >= 0.6 is 22.9 Å². The quantitative estimate of drug-likeness (QED) is 0.618. The van der Waals surface area contributed by atoms with Crippen molar-refractivity contribution in [1.82, 2.24) is 9.97 Å². The highest BCUT2D eigenvalue weighted by Gasteiger charge is 2.17. The molecule has 0 unspecified atom stereocenters. The molecular formula is C17H18ClN3S. The van der Waals surface area contributed by atoms with Gasteiger partial charge in [-0.3, -0.25) is 0 Å². The molecule has 2 heterocycles. The van der Waals surface area contributed by atoms with Gasteiger partial charge in [-0.05, 0) is 37.9 Å². The molecule has 3 aromatic rings. The molecule has 0 bridgehead atoms. The summed E-state index contributed by atoms with van der Waals surface area (Å²) >= 11 is 7.73. The number of benzene rings is 1. The lowest BCUT2D eigenvalue weighted by atomic mass is 10.0. The zero-order valence-electron chi connectivity index (χ0n) is 12.9. The zero-order valence-corrected chi connectivity index (χ0v) is 14.5. The third-order valence-corrected chi connectivity index (χ3v) is 4.85. The van der Waals surface area contributed by atoms with Gasteiger partial charge in [0.05, 0.1) is 5.39 Å². The fraction of sp³-hybridized carbons (Fsp3) is 0.294. The van der Waals surface area contributed by atoms with E-state index in [2.05, 4.69) is 65.3 Å². The predicted molar refractivity (Wildman–Crippen MR) is 96.2 cm³/mol. The molecule has 3 rings (SSSR count). The molecule has 0 spiro atoms. The highest BCUT2D eigenvalue weighted by Crippen LogP contribution is 2.38. The van der Waals surface area contributed by atoms with Crippen molar-refractivity contribution in [2.24, 2.45) is 0 Å². The summed E-state index contributed by atoms with van der Waals surface area (Å²) < 4.78 is 0. The third kappa shape index (κ3) is 2.69. The fourth-order valence-electron chi connectivity index (χ4n) is 2.60. The molecule has 0 aliphatic heterocycles. The highest BCUT2D eigenvalue weighted by molar-refractivity contribution is 7.17. The van der Waals surface area contributed by atoms with E-state index in [1.165, 1.54) is 16.7 Å². The van der Waals surface area contributed by atoms with Crippen molar-refractivity contribution in [1.29, 1.82) is 0 Å². The first-order valence-corrected chi connectivity index (χ1v) is 8.66. The summed E-state index contributed by atoms with van der Waals surface area (Å²) in [5.41, 5.74) is 3.63. The number of anilines is 1. The van der Waals surface area contributed by atoms with E-state index >= 15 is 0 Å². The molecule has 22 heavy (non-hydrogen) atoms. The summed E-state index contributed by atoms with van der Waals surface area (Å²) in [6, 6.07) is 8.56. The van der Waals surface area contributed by atoms with Gasteiger partial charge >= 0.3 is 0 Å². The van der Waals surface area contributed by atoms with Crippen molar-refractivity contribution in [3.8, 4) is 11.1 Å². The lowest BCUT2D eigenvalue weighted by molar-refractivity contribution is 0.849. The van der Waals surface area contributed by atoms with Crippen LogP contribution in [0.15, 0.2) is 29.6 Å². The Morgan fingerprint density at radius 2 is 1.77 bits per heavy atom. The van der Waals surface area contributed by atoms with Gasteiger partial charge in [-0.15, -0.1) is 11.3 Å². The minimum atomic E-state index is 0.312. The summed E-state index contributed by atoms with van der Waals surface area (Å²) in [6.07, 6.45) is 0. The van der Waals surface area contributed by atoms with Gasteiger partial charge in [0.25, 0.3) is 0 Å². The lowest BCUT2D eigenvalue weighted by Crippen LogP contribution is -2.23. The minimum Gasteiger partial charge on any atom is -0.356 e. The number of hydrogen-bond donors (Lipinski definition) is 0. The molecule has 0 N–H and O–H groups in total. The van der Waals surface area contributed by atoms with E-state index in [-0.39, 0.29) is 0 Å². The van der Waals surface area contributed by atoms with Gasteiger partial charge in [0.2, 0.25) is 5.28 Å². The van der Waals surface area contributed by atoms with E-state index in [1.807, 2.05) is 0 Å². The Balaban J connectivity index is 2.26. The standard InChI is InChI=1S/C17H18ClN3S/c1-4-21(5-2)15-14-13(12-8-6-11(3)7-9-12)10-22-16(14)20-17(18)19-15/h6-10H,4-5H2,1-3H3. The van der Waals surface area contributed by atoms with E-state index in [0.29, 0.717) is 5.28 Å². The first-order valence-electron chi connectivity index (χ1n) is 7.40. The van der Waals surface area contributed by atoms with Crippen molar-refractivity contribution in [2.75, 3.05) is 18.0 Å². The Morgan fingerprint density at radius 1 is 1.09 bits per heavy atom. The van der Waals surface area contributed by atoms with Crippen LogP contribution in [-0.4, -0.2) is 23.1 Å². The maximum atomic E-state index is 6.12. The SMILES string of the molecule is CCN(CC)c1nc(Cl)nc2scc(-c3ccc(C)cc3)c12. The second-order valence-electron chi connectivity index (χ2n) is 5.18. The molecule has 114 valence electrons. The molecule has 0 aliphatic rings. The molecular weight excluding hydrogens is 314 g/mol. The Hall–Kier alpha value is -1.65. The molecule has 1 aromatic carbocycles. The number of rotatable bonds is 4. The Labute approximate surface area is 139 Å². The smallest absolute Gasteiger partial charge is 0.225 e. The molecule has 0 fully saturated rings. The maximum absolute atomic E-state index is 6.12. The monoisotopic (exact) mass is 331 g/mol. The molecule has 2 aromatic heterocycles. The second-order valence-corrected chi connectivity index (χ2v) is 6.38. The largest absolute Gasteiger partial charge is 0.356 e. The number of aromatic nitrogens is 2. The van der Waals surface area contributed by atoms with Crippen LogP contribution in [0.1, 0.15) is 19.4 Å². The average molecular weight is 332 g/mol. The number of nitrogens with zero attached hydrogens (tertiary/aromatic N) is 3. The van der Waals surface area contributed by atoms with Gasteiger partial charge in [-0.25, -0.2) is 4.98 Å². The van der Waals surface area contributed by atoms with Crippen LogP contribution in [-0.2, 0) is 0 Å². The Morgan fingerprint density at radius 3 is 2.41 bits per heavy atom. The lowest BCUT2D eigenvalue weighted by Gasteiger charge is -2.21. The summed E-state index contributed by atoms with van der Waals surface area (Å²) in [4.78, 5) is 12.1. The van der Waals surface area contributed by atoms with Gasteiger partial charge in [-0.1, -0.05) is 29.8 Å². The van der Waals surface area contributed by atoms with Gasteiger partial charge < -0.3 is 4.90 Å². The van der Waals surface area contributed by atoms with Crippen LogP contribution in [0.4, 0.5) is 5.82 Å². The normalized spacial score (nSPS) is 11.1. The number of halogens is 1. The minimum absolute atomic E-state index is 0.312. The predicted octanol–water partition coefficient (Wildman–Crippen LogP) is 5.17. The second kappa shape index (κ2) is 6.23. The van der Waals surface area contributed by atoms with Crippen LogP contribution in [0.5, 0.6) is 0 Å². The van der Waals surface area contributed by atoms with Crippen molar-refractivity contribution in [3.63, 3.8) is 0 Å². The van der Waals surface area contributed by atoms with E-state index in [9.17, 15) is 0 Å². The molecule has 0 aliphatic carbocycles. The van der Waals surface area contributed by atoms with Gasteiger partial charge in [0.15, 0.2) is 0 Å². The van der Waals surface area contributed by atoms with Crippen molar-refractivity contribution >= 4 is 39.0 Å². The Bertz CT molecular complexity index is 792. The van der Waals surface area contributed by atoms with Gasteiger partial charge in [0.1, 0.15) is 10.6 Å². The summed E-state index contributed by atoms with van der Waals surface area (Å²) in [5, 5.41) is 3.56. The highest BCUT2D eigenvalue weighted by atomic mass is 35.5. The van der Waals surface area contributed by atoms with E-state index in [0.717, 1.165) is 29.1 Å². The third-order valence-electron chi connectivity index (χ3n) is 3.81. The number of fused-ring (bicyclic) bond motifs is 1. The molecule has 0 saturated carbocycles. The van der Waals surface area contributed by atoms with Gasteiger partial charge in [-0.2, -0.15) is 4.98 Å². The van der Waals surface area contributed by atoms with Crippen LogP contribution < -0.4 is 4.90 Å². The summed E-state index contributed by atoms with van der Waals surface area (Å²) in [7, 11) is 0. The molecule has 5 heteroatoms. The van der Waals surface area contributed by atoms with E-state index in [4.69, 9.17) is 11.6 Å². The molecule has 3 nitrogen and oxygen atoms in total. The first kappa shape index (κ1) is 15.3. The van der Waals surface area contributed by atoms with Crippen LogP contribution in [0.25, 0.3) is 21.3 Å². The molecule has 0 amide bonds. The van der Waals surface area contributed by atoms with Crippen molar-refractivity contribution in [3.05, 3.63) is 40.5 Å². The fourth-order valence-corrected chi connectivity index (χ4v) is 3.75. The zero-order chi connectivity index (χ0) is 15.7. The number of aryl methyl sites for hydroxylation is 1. The van der Waals surface area contributed by atoms with Crippen molar-refractivity contribution < 1.29 is 0 Å². The van der Waals surface area contributed by atoms with E-state index < -0.39 is 0 Å². The van der Waals surface area contributed by atoms with Crippen LogP contribution in [0.3, 0.4) is 0 Å². The van der Waals surface area contributed by atoms with Gasteiger partial charge in [0, 0.05) is 24.0 Å². The first-order chi connectivity index (χ1) is 10.6. The summed E-state index contributed by atoms with van der Waals surface area (Å²) in [6.45, 7) is 8.14. The average Bonchev–Trinajstić information content (AvgIpc) is 2.93. The number of thiophene rings is 1. The van der Waals surface area contributed by atoms with Crippen LogP contribution in [0.2, 0.25) is 5.28 Å². The number of hydrogen-bond acceptors (Lipinski definition) is 4. The van der Waals surface area contributed by atoms with E-state index in [1.54, 1.807) is 11.3 Å². The van der Waals surface area contributed by atoms with Crippen molar-refractivity contribution in [2.45, 2.75) is 20.8 Å². The molecule has 0 atom stereocenters. The molecule has 0 radical (unpaired) electrons. The Kier molecular flexibility index (Phi) is 4.32. The maximum Gasteiger partial charge on any atom is 0.225 e. The van der Waals surface area contributed by atoms with Crippen LogP contribution in [0, 0.1) is 6.92 Å². The summed E-state index contributed by atoms with van der Waals surface area (Å²) in [5.74, 6) is 0.928.